The third-order valence-corrected chi connectivity index (χ3v) is 6.29. The molecular weight excluding hydrogens is 358 g/mol. The molecule has 0 amide bonds. The second-order valence-electron chi connectivity index (χ2n) is 5.11. The van der Waals surface area contributed by atoms with Crippen LogP contribution >= 0.6 is 15.9 Å². The van der Waals surface area contributed by atoms with Crippen LogP contribution in [0.15, 0.2) is 27.6 Å². The molecule has 7 heteroatoms. The van der Waals surface area contributed by atoms with Gasteiger partial charge in [0.1, 0.15) is 0 Å². The quantitative estimate of drug-likeness (QED) is 0.760. The molecule has 0 saturated carbocycles. The molecule has 116 valence electrons. The third kappa shape index (κ3) is 3.46. The number of hydrogen-bond donors (Lipinski definition) is 0. The number of ether oxygens (including phenoxy) is 1. The number of aryl methyl sites for hydroxylation is 1. The van der Waals surface area contributed by atoms with Crippen molar-refractivity contribution in [2.45, 2.75) is 24.7 Å². The number of benzene rings is 1. The molecule has 1 aliphatic rings. The smallest absolute Gasteiger partial charge is 0.308 e. The Morgan fingerprint density at radius 1 is 1.33 bits per heavy atom. The minimum Gasteiger partial charge on any atom is -0.469 e. The van der Waals surface area contributed by atoms with Crippen LogP contribution < -0.4 is 0 Å². The zero-order valence-corrected chi connectivity index (χ0v) is 14.4. The lowest BCUT2D eigenvalue weighted by molar-refractivity contribution is -0.146. The van der Waals surface area contributed by atoms with E-state index in [-0.39, 0.29) is 11.9 Å². The number of esters is 1. The van der Waals surface area contributed by atoms with Gasteiger partial charge in [0.05, 0.1) is 17.9 Å². The number of nitrogens with zero attached hydrogens (tertiary/aromatic N) is 1. The van der Waals surface area contributed by atoms with Gasteiger partial charge in [-0.25, -0.2) is 8.42 Å². The maximum atomic E-state index is 12.7. The van der Waals surface area contributed by atoms with Gasteiger partial charge in [0.2, 0.25) is 10.0 Å². The molecule has 2 rings (SSSR count). The first-order chi connectivity index (χ1) is 9.86. The van der Waals surface area contributed by atoms with Crippen molar-refractivity contribution in [3.8, 4) is 0 Å². The van der Waals surface area contributed by atoms with Gasteiger partial charge in [0.15, 0.2) is 0 Å². The van der Waals surface area contributed by atoms with E-state index in [2.05, 4.69) is 15.9 Å². The van der Waals surface area contributed by atoms with Crippen LogP contribution in [-0.2, 0) is 19.6 Å². The normalized spacial score (nSPS) is 17.7. The summed E-state index contributed by atoms with van der Waals surface area (Å²) in [6.45, 7) is 2.46. The largest absolute Gasteiger partial charge is 0.469 e. The third-order valence-electron chi connectivity index (χ3n) is 3.76. The highest BCUT2D eigenvalue weighted by molar-refractivity contribution is 9.10. The second kappa shape index (κ2) is 6.46. The van der Waals surface area contributed by atoms with Crippen molar-refractivity contribution in [1.82, 2.24) is 4.31 Å². The lowest BCUT2D eigenvalue weighted by atomic mass is 9.99. The van der Waals surface area contributed by atoms with Crippen molar-refractivity contribution in [3.63, 3.8) is 0 Å². The lowest BCUT2D eigenvalue weighted by Gasteiger charge is -2.30. The van der Waals surface area contributed by atoms with Crippen LogP contribution in [0.5, 0.6) is 0 Å². The molecule has 0 N–H and O–H groups in total. The highest BCUT2D eigenvalue weighted by Gasteiger charge is 2.33. The maximum Gasteiger partial charge on any atom is 0.308 e. The Morgan fingerprint density at radius 3 is 2.52 bits per heavy atom. The first-order valence-electron chi connectivity index (χ1n) is 6.70. The predicted molar refractivity (Wildman–Crippen MR) is 82.4 cm³/mol. The molecule has 21 heavy (non-hydrogen) atoms. The molecule has 0 aliphatic carbocycles. The number of hydrogen-bond acceptors (Lipinski definition) is 4. The van der Waals surface area contributed by atoms with Gasteiger partial charge < -0.3 is 4.74 Å². The van der Waals surface area contributed by atoms with Gasteiger partial charge in [-0.05, 0) is 37.5 Å². The molecule has 1 aliphatic heterocycles. The molecular formula is C14H18BrNO4S. The van der Waals surface area contributed by atoms with Gasteiger partial charge in [-0.1, -0.05) is 22.0 Å². The average molecular weight is 376 g/mol. The molecule has 0 bridgehead atoms. The summed E-state index contributed by atoms with van der Waals surface area (Å²) in [5.74, 6) is -0.462. The molecule has 0 unspecified atom stereocenters. The maximum absolute atomic E-state index is 12.7. The van der Waals surface area contributed by atoms with Gasteiger partial charge in [-0.15, -0.1) is 0 Å². The average Bonchev–Trinajstić information content (AvgIpc) is 2.49. The Bertz CT molecular complexity index is 636. The molecule has 0 radical (unpaired) electrons. The van der Waals surface area contributed by atoms with Crippen LogP contribution in [0.4, 0.5) is 0 Å². The van der Waals surface area contributed by atoms with Crippen molar-refractivity contribution in [3.05, 3.63) is 28.2 Å². The van der Waals surface area contributed by atoms with E-state index in [1.54, 1.807) is 19.1 Å². The number of piperidine rings is 1. The van der Waals surface area contributed by atoms with E-state index in [9.17, 15) is 13.2 Å². The number of carbonyl (C=O) groups excluding carboxylic acids is 1. The van der Waals surface area contributed by atoms with E-state index < -0.39 is 10.0 Å². The summed E-state index contributed by atoms with van der Waals surface area (Å²) in [7, 11) is -2.16. The minimum atomic E-state index is -3.52. The minimum absolute atomic E-state index is 0.204. The summed E-state index contributed by atoms with van der Waals surface area (Å²) in [5.41, 5.74) is 0.716. The molecule has 0 spiro atoms. The second-order valence-corrected chi connectivity index (χ2v) is 7.93. The van der Waals surface area contributed by atoms with E-state index in [0.717, 1.165) is 4.47 Å². The molecule has 1 aromatic rings. The first-order valence-corrected chi connectivity index (χ1v) is 8.93. The fourth-order valence-corrected chi connectivity index (χ4v) is 4.72. The number of carbonyl (C=O) groups is 1. The number of sulfonamides is 1. The molecule has 0 atom stereocenters. The van der Waals surface area contributed by atoms with E-state index in [1.165, 1.54) is 11.4 Å². The van der Waals surface area contributed by atoms with Gasteiger partial charge in [0, 0.05) is 17.6 Å². The Hall–Kier alpha value is -0.920. The highest BCUT2D eigenvalue weighted by atomic mass is 79.9. The summed E-state index contributed by atoms with van der Waals surface area (Å²) in [4.78, 5) is 11.8. The molecule has 1 saturated heterocycles. The van der Waals surface area contributed by atoms with Crippen LogP contribution in [-0.4, -0.2) is 38.9 Å². The number of methoxy groups -OCH3 is 1. The fourth-order valence-electron chi connectivity index (χ4n) is 2.49. The molecule has 1 aromatic carbocycles. The van der Waals surface area contributed by atoms with Gasteiger partial charge in [-0.2, -0.15) is 4.31 Å². The van der Waals surface area contributed by atoms with E-state index >= 15 is 0 Å². The van der Waals surface area contributed by atoms with Crippen molar-refractivity contribution >= 4 is 31.9 Å². The topological polar surface area (TPSA) is 63.7 Å². The lowest BCUT2D eigenvalue weighted by Crippen LogP contribution is -2.40. The highest BCUT2D eigenvalue weighted by Crippen LogP contribution is 2.28. The zero-order valence-electron chi connectivity index (χ0n) is 12.0. The standard InChI is InChI=1S/C14H18BrNO4S/c1-10-3-4-12(15)9-13(10)21(18,19)16-7-5-11(6-8-16)14(17)20-2/h3-4,9,11H,5-8H2,1-2H3. The Morgan fingerprint density at radius 2 is 1.95 bits per heavy atom. The van der Waals surface area contributed by atoms with Crippen LogP contribution in [0, 0.1) is 12.8 Å². The summed E-state index contributed by atoms with van der Waals surface area (Å²) in [6.07, 6.45) is 0.998. The van der Waals surface area contributed by atoms with Crippen molar-refractivity contribution in [2.24, 2.45) is 5.92 Å². The monoisotopic (exact) mass is 375 g/mol. The molecule has 1 heterocycles. The van der Waals surface area contributed by atoms with E-state index in [0.29, 0.717) is 36.4 Å². The fraction of sp³-hybridized carbons (Fsp3) is 0.500. The molecule has 1 fully saturated rings. The Kier molecular flexibility index (Phi) is 5.06. The van der Waals surface area contributed by atoms with Gasteiger partial charge in [0.25, 0.3) is 0 Å². The Balaban J connectivity index is 2.19. The van der Waals surface area contributed by atoms with Crippen LogP contribution in [0.3, 0.4) is 0 Å². The van der Waals surface area contributed by atoms with E-state index in [4.69, 9.17) is 4.74 Å². The summed E-state index contributed by atoms with van der Waals surface area (Å²) >= 11 is 3.31. The SMILES string of the molecule is COC(=O)C1CCN(S(=O)(=O)c2cc(Br)ccc2C)CC1. The van der Waals surface area contributed by atoms with Crippen molar-refractivity contribution in [1.29, 1.82) is 0 Å². The van der Waals surface area contributed by atoms with Gasteiger partial charge in [-0.3, -0.25) is 4.79 Å². The number of halogens is 1. The van der Waals surface area contributed by atoms with Gasteiger partial charge >= 0.3 is 5.97 Å². The molecule has 0 aromatic heterocycles. The van der Waals surface area contributed by atoms with Crippen molar-refractivity contribution < 1.29 is 17.9 Å². The van der Waals surface area contributed by atoms with Crippen LogP contribution in [0.1, 0.15) is 18.4 Å². The summed E-state index contributed by atoms with van der Waals surface area (Å²) < 4.78 is 32.3. The van der Waals surface area contributed by atoms with Crippen LogP contribution in [0.2, 0.25) is 0 Å². The van der Waals surface area contributed by atoms with Crippen molar-refractivity contribution in [2.75, 3.05) is 20.2 Å². The summed E-state index contributed by atoms with van der Waals surface area (Å²) in [5, 5.41) is 0. The van der Waals surface area contributed by atoms with Crippen LogP contribution in [0.25, 0.3) is 0 Å². The number of rotatable bonds is 3. The zero-order chi connectivity index (χ0) is 15.6. The van der Waals surface area contributed by atoms with E-state index in [1.807, 2.05) is 6.07 Å². The summed E-state index contributed by atoms with van der Waals surface area (Å²) in [6, 6.07) is 5.22. The molecule has 5 nitrogen and oxygen atoms in total. The Labute approximate surface area is 133 Å². The predicted octanol–water partition coefficient (Wildman–Crippen LogP) is 2.33. The first kappa shape index (κ1) is 16.5.